The highest BCUT2D eigenvalue weighted by Gasteiger charge is 2.25. The molecule has 0 heterocycles. The van der Waals surface area contributed by atoms with Gasteiger partial charge < -0.3 is 20.2 Å². The number of hydrogen-bond donors (Lipinski definition) is 2. The van der Waals surface area contributed by atoms with Crippen LogP contribution in [0.3, 0.4) is 0 Å². The van der Waals surface area contributed by atoms with E-state index in [1.807, 2.05) is 6.92 Å². The second-order valence-electron chi connectivity index (χ2n) is 5.47. The largest absolute Gasteiger partial charge is 0.480 e. The minimum Gasteiger partial charge on any atom is -0.480 e. The monoisotopic (exact) mass is 301 g/mol. The van der Waals surface area contributed by atoms with E-state index in [4.69, 9.17) is 5.11 Å². The molecule has 0 spiro atoms. The molecule has 0 aliphatic heterocycles. The first kappa shape index (κ1) is 19.7. The van der Waals surface area contributed by atoms with E-state index < -0.39 is 12.0 Å². The molecule has 0 rings (SSSR count). The molecule has 0 bridgehead atoms. The Bertz CT molecular complexity index is 317. The van der Waals surface area contributed by atoms with Crippen molar-refractivity contribution in [3.63, 3.8) is 0 Å². The highest BCUT2D eigenvalue weighted by molar-refractivity contribution is 5.82. The minimum atomic E-state index is -0.988. The highest BCUT2D eigenvalue weighted by Crippen LogP contribution is 2.04. The SMILES string of the molecule is CCN(CC)CCCN(CC)C(=O)NC(C(=O)O)C(C)C. The molecule has 21 heavy (non-hydrogen) atoms. The third-order valence-corrected chi connectivity index (χ3v) is 3.68. The number of rotatable bonds is 10. The van der Waals surface area contributed by atoms with Crippen LogP contribution < -0.4 is 5.32 Å². The number of aliphatic carboxylic acids is 1. The summed E-state index contributed by atoms with van der Waals surface area (Å²) in [5, 5.41) is 11.7. The molecular formula is C15H31N3O3. The van der Waals surface area contributed by atoms with Gasteiger partial charge in [0.15, 0.2) is 0 Å². The number of amides is 2. The van der Waals surface area contributed by atoms with Crippen LogP contribution in [-0.4, -0.2) is 65.7 Å². The van der Waals surface area contributed by atoms with E-state index in [-0.39, 0.29) is 11.9 Å². The topological polar surface area (TPSA) is 72.9 Å². The quantitative estimate of drug-likeness (QED) is 0.646. The van der Waals surface area contributed by atoms with Crippen LogP contribution in [0.25, 0.3) is 0 Å². The predicted molar refractivity (Wildman–Crippen MR) is 84.4 cm³/mol. The second-order valence-corrected chi connectivity index (χ2v) is 5.47. The fraction of sp³-hybridized carbons (Fsp3) is 0.867. The fourth-order valence-electron chi connectivity index (χ4n) is 2.17. The van der Waals surface area contributed by atoms with Crippen LogP contribution in [0, 0.1) is 5.92 Å². The van der Waals surface area contributed by atoms with Gasteiger partial charge in [0, 0.05) is 13.1 Å². The Morgan fingerprint density at radius 3 is 2.00 bits per heavy atom. The van der Waals surface area contributed by atoms with Gasteiger partial charge in [-0.15, -0.1) is 0 Å². The lowest BCUT2D eigenvalue weighted by molar-refractivity contribution is -0.140. The zero-order chi connectivity index (χ0) is 16.4. The van der Waals surface area contributed by atoms with Crippen molar-refractivity contribution in [1.82, 2.24) is 15.1 Å². The number of hydrogen-bond acceptors (Lipinski definition) is 3. The van der Waals surface area contributed by atoms with E-state index in [0.29, 0.717) is 13.1 Å². The zero-order valence-corrected chi connectivity index (χ0v) is 14.1. The lowest BCUT2D eigenvalue weighted by atomic mass is 10.1. The molecule has 0 aromatic rings. The van der Waals surface area contributed by atoms with Gasteiger partial charge in [0.05, 0.1) is 0 Å². The highest BCUT2D eigenvalue weighted by atomic mass is 16.4. The Kier molecular flexibility index (Phi) is 9.78. The van der Waals surface area contributed by atoms with E-state index in [9.17, 15) is 9.59 Å². The first-order valence-corrected chi connectivity index (χ1v) is 7.87. The van der Waals surface area contributed by atoms with Crippen molar-refractivity contribution in [3.05, 3.63) is 0 Å². The average Bonchev–Trinajstić information content (AvgIpc) is 2.44. The van der Waals surface area contributed by atoms with Crippen molar-refractivity contribution in [3.8, 4) is 0 Å². The van der Waals surface area contributed by atoms with Crippen molar-refractivity contribution >= 4 is 12.0 Å². The number of nitrogens with zero attached hydrogens (tertiary/aromatic N) is 2. The van der Waals surface area contributed by atoms with E-state index in [1.54, 1.807) is 18.7 Å². The van der Waals surface area contributed by atoms with Crippen LogP contribution in [0.2, 0.25) is 0 Å². The van der Waals surface area contributed by atoms with Crippen LogP contribution in [0.5, 0.6) is 0 Å². The molecule has 0 fully saturated rings. The molecule has 0 aliphatic carbocycles. The first-order valence-electron chi connectivity index (χ1n) is 7.87. The maximum atomic E-state index is 12.1. The van der Waals surface area contributed by atoms with Gasteiger partial charge in [-0.3, -0.25) is 0 Å². The van der Waals surface area contributed by atoms with Gasteiger partial charge in [-0.2, -0.15) is 0 Å². The van der Waals surface area contributed by atoms with Gasteiger partial charge >= 0.3 is 12.0 Å². The Morgan fingerprint density at radius 2 is 1.62 bits per heavy atom. The van der Waals surface area contributed by atoms with E-state index in [2.05, 4.69) is 24.1 Å². The molecule has 1 unspecified atom stereocenters. The van der Waals surface area contributed by atoms with Crippen molar-refractivity contribution in [2.24, 2.45) is 5.92 Å². The summed E-state index contributed by atoms with van der Waals surface area (Å²) in [5.74, 6) is -1.13. The number of carbonyl (C=O) groups excluding carboxylic acids is 1. The lowest BCUT2D eigenvalue weighted by Gasteiger charge is -2.26. The molecule has 0 aliphatic rings. The van der Waals surface area contributed by atoms with Gasteiger partial charge in [0.25, 0.3) is 0 Å². The molecule has 2 amide bonds. The van der Waals surface area contributed by atoms with Gasteiger partial charge in [0.1, 0.15) is 6.04 Å². The summed E-state index contributed by atoms with van der Waals surface area (Å²) in [6, 6.07) is -1.13. The summed E-state index contributed by atoms with van der Waals surface area (Å²) < 4.78 is 0. The Labute approximate surface area is 128 Å². The van der Waals surface area contributed by atoms with Crippen LogP contribution in [-0.2, 0) is 4.79 Å². The summed E-state index contributed by atoms with van der Waals surface area (Å²) in [5.41, 5.74) is 0. The predicted octanol–water partition coefficient (Wildman–Crippen LogP) is 1.86. The average molecular weight is 301 g/mol. The van der Waals surface area contributed by atoms with E-state index in [0.717, 1.165) is 26.1 Å². The molecule has 0 radical (unpaired) electrons. The van der Waals surface area contributed by atoms with Crippen LogP contribution in [0.4, 0.5) is 4.79 Å². The molecule has 0 saturated heterocycles. The van der Waals surface area contributed by atoms with Crippen molar-refractivity contribution < 1.29 is 14.7 Å². The molecular weight excluding hydrogens is 270 g/mol. The third-order valence-electron chi connectivity index (χ3n) is 3.68. The molecule has 6 nitrogen and oxygen atoms in total. The van der Waals surface area contributed by atoms with E-state index in [1.165, 1.54) is 0 Å². The van der Waals surface area contributed by atoms with Gasteiger partial charge in [-0.25, -0.2) is 9.59 Å². The fourth-order valence-corrected chi connectivity index (χ4v) is 2.17. The summed E-state index contributed by atoms with van der Waals surface area (Å²) in [7, 11) is 0. The smallest absolute Gasteiger partial charge is 0.326 e. The maximum Gasteiger partial charge on any atom is 0.326 e. The summed E-state index contributed by atoms with van der Waals surface area (Å²) >= 11 is 0. The molecule has 0 aromatic heterocycles. The van der Waals surface area contributed by atoms with Crippen molar-refractivity contribution in [2.45, 2.75) is 47.1 Å². The molecule has 2 N–H and O–H groups in total. The Morgan fingerprint density at radius 1 is 1.05 bits per heavy atom. The standard InChI is InChI=1S/C15H31N3O3/c1-6-17(7-2)10-9-11-18(8-3)15(21)16-13(12(4)5)14(19)20/h12-13H,6-11H2,1-5H3,(H,16,21)(H,19,20). The summed E-state index contributed by atoms with van der Waals surface area (Å²) in [6.45, 7) is 13.9. The maximum absolute atomic E-state index is 12.1. The third kappa shape index (κ3) is 7.32. The van der Waals surface area contributed by atoms with Crippen LogP contribution in [0.1, 0.15) is 41.0 Å². The van der Waals surface area contributed by atoms with Gasteiger partial charge in [-0.1, -0.05) is 27.7 Å². The number of carboxylic acid groups (broad SMARTS) is 1. The lowest BCUT2D eigenvalue weighted by Crippen LogP contribution is -2.50. The van der Waals surface area contributed by atoms with Crippen LogP contribution in [0.15, 0.2) is 0 Å². The van der Waals surface area contributed by atoms with E-state index >= 15 is 0 Å². The summed E-state index contributed by atoms with van der Waals surface area (Å²) in [6.07, 6.45) is 0.891. The molecule has 0 aromatic carbocycles. The summed E-state index contributed by atoms with van der Waals surface area (Å²) in [4.78, 5) is 27.2. The second kappa shape index (κ2) is 10.4. The normalized spacial score (nSPS) is 12.5. The first-order chi connectivity index (χ1) is 9.87. The molecule has 0 saturated carbocycles. The molecule has 6 heteroatoms. The minimum absolute atomic E-state index is 0.138. The number of carboxylic acids is 1. The number of urea groups is 1. The van der Waals surface area contributed by atoms with Crippen molar-refractivity contribution in [1.29, 1.82) is 0 Å². The molecule has 1 atom stereocenters. The number of nitrogens with one attached hydrogen (secondary N) is 1. The van der Waals surface area contributed by atoms with Gasteiger partial charge in [-0.05, 0) is 38.9 Å². The molecule has 124 valence electrons. The van der Waals surface area contributed by atoms with Gasteiger partial charge in [0.2, 0.25) is 0 Å². The van der Waals surface area contributed by atoms with Crippen LogP contribution >= 0.6 is 0 Å². The Hall–Kier alpha value is -1.30. The van der Waals surface area contributed by atoms with Crippen molar-refractivity contribution in [2.75, 3.05) is 32.7 Å². The Balaban J connectivity index is 4.38. The number of carbonyl (C=O) groups is 2. The zero-order valence-electron chi connectivity index (χ0n) is 14.1.